The highest BCUT2D eigenvalue weighted by Gasteiger charge is 2.25. The Morgan fingerprint density at radius 2 is 1.83 bits per heavy atom. The van der Waals surface area contributed by atoms with Crippen LogP contribution >= 0.6 is 0 Å². The standard InChI is InChI=1S/C23H34N6/c1-16-25-20-21(29(16)15-14-27(5)6)19-17(23(2,3)4)8-7-9-18(19)26-22(20)28-12-10-24-11-13-28/h7-9,24H,10-15H2,1-6H3. The van der Waals surface area contributed by atoms with Crippen LogP contribution in [0.3, 0.4) is 0 Å². The number of fused-ring (bicyclic) bond motifs is 3. The molecule has 6 nitrogen and oxygen atoms in total. The molecule has 1 aromatic carbocycles. The highest BCUT2D eigenvalue weighted by Crippen LogP contribution is 2.38. The quantitative estimate of drug-likeness (QED) is 0.737. The second-order valence-electron chi connectivity index (χ2n) is 9.43. The van der Waals surface area contributed by atoms with Gasteiger partial charge in [0.25, 0.3) is 0 Å². The van der Waals surface area contributed by atoms with Crippen LogP contribution in [-0.2, 0) is 12.0 Å². The fraction of sp³-hybridized carbons (Fsp3) is 0.565. The zero-order valence-corrected chi connectivity index (χ0v) is 18.7. The summed E-state index contributed by atoms with van der Waals surface area (Å²) in [6.07, 6.45) is 0. The van der Waals surface area contributed by atoms with Crippen LogP contribution in [0.25, 0.3) is 21.9 Å². The van der Waals surface area contributed by atoms with Crippen LogP contribution in [0.15, 0.2) is 18.2 Å². The van der Waals surface area contributed by atoms with Crippen LogP contribution in [0.2, 0.25) is 0 Å². The van der Waals surface area contributed by atoms with Crippen LogP contribution in [0.4, 0.5) is 5.82 Å². The predicted molar refractivity (Wildman–Crippen MR) is 122 cm³/mol. The van der Waals surface area contributed by atoms with Gasteiger partial charge in [0.05, 0.1) is 11.0 Å². The van der Waals surface area contributed by atoms with Crippen LogP contribution in [0, 0.1) is 6.92 Å². The van der Waals surface area contributed by atoms with E-state index >= 15 is 0 Å². The number of piperazine rings is 1. The molecule has 29 heavy (non-hydrogen) atoms. The third-order valence-corrected chi connectivity index (χ3v) is 5.87. The molecule has 2 aromatic heterocycles. The Balaban J connectivity index is 2.05. The van der Waals surface area contributed by atoms with Gasteiger partial charge in [0.15, 0.2) is 5.82 Å². The average Bonchev–Trinajstić information content (AvgIpc) is 3.01. The van der Waals surface area contributed by atoms with Crippen LogP contribution < -0.4 is 10.2 Å². The summed E-state index contributed by atoms with van der Waals surface area (Å²) in [5, 5.41) is 4.71. The summed E-state index contributed by atoms with van der Waals surface area (Å²) in [7, 11) is 4.25. The summed E-state index contributed by atoms with van der Waals surface area (Å²) in [5.74, 6) is 2.10. The highest BCUT2D eigenvalue weighted by molar-refractivity contribution is 6.09. The summed E-state index contributed by atoms with van der Waals surface area (Å²) < 4.78 is 2.40. The zero-order chi connectivity index (χ0) is 20.8. The van der Waals surface area contributed by atoms with Gasteiger partial charge in [0.1, 0.15) is 11.3 Å². The number of pyridine rings is 1. The maximum Gasteiger partial charge on any atom is 0.157 e. The normalized spacial score (nSPS) is 15.8. The second kappa shape index (κ2) is 7.58. The monoisotopic (exact) mass is 394 g/mol. The molecule has 0 bridgehead atoms. The van der Waals surface area contributed by atoms with E-state index in [9.17, 15) is 0 Å². The minimum atomic E-state index is 0.0369. The molecule has 0 unspecified atom stereocenters. The molecule has 4 rings (SSSR count). The number of aryl methyl sites for hydroxylation is 1. The van der Waals surface area contributed by atoms with Crippen molar-refractivity contribution >= 4 is 27.8 Å². The first-order valence-corrected chi connectivity index (χ1v) is 10.7. The third kappa shape index (κ3) is 3.71. The summed E-state index contributed by atoms with van der Waals surface area (Å²) in [4.78, 5) is 14.8. The molecule has 3 heterocycles. The van der Waals surface area contributed by atoms with Crippen molar-refractivity contribution in [2.24, 2.45) is 0 Å². The molecule has 0 spiro atoms. The molecule has 0 atom stereocenters. The minimum Gasteiger partial charge on any atom is -0.352 e. The Labute approximate surface area is 173 Å². The molecule has 1 aliphatic rings. The summed E-state index contributed by atoms with van der Waals surface area (Å²) in [5.41, 5.74) is 4.74. The highest BCUT2D eigenvalue weighted by atomic mass is 15.2. The Hall–Kier alpha value is -2.18. The lowest BCUT2D eigenvalue weighted by Crippen LogP contribution is -2.44. The van der Waals surface area contributed by atoms with Crippen molar-refractivity contribution in [3.05, 3.63) is 29.6 Å². The van der Waals surface area contributed by atoms with E-state index in [1.54, 1.807) is 0 Å². The van der Waals surface area contributed by atoms with E-state index in [1.807, 2.05) is 0 Å². The van der Waals surface area contributed by atoms with E-state index in [1.165, 1.54) is 16.5 Å². The Bertz CT molecular complexity index is 1020. The smallest absolute Gasteiger partial charge is 0.157 e. The number of benzene rings is 1. The second-order valence-corrected chi connectivity index (χ2v) is 9.43. The third-order valence-electron chi connectivity index (χ3n) is 5.87. The fourth-order valence-corrected chi connectivity index (χ4v) is 4.32. The van der Waals surface area contributed by atoms with Gasteiger partial charge in [0, 0.05) is 44.7 Å². The number of nitrogens with one attached hydrogen (secondary N) is 1. The molecule has 0 aliphatic carbocycles. The fourth-order valence-electron chi connectivity index (χ4n) is 4.32. The van der Waals surface area contributed by atoms with E-state index < -0.39 is 0 Å². The molecular weight excluding hydrogens is 360 g/mol. The number of hydrogen-bond acceptors (Lipinski definition) is 5. The summed E-state index contributed by atoms with van der Waals surface area (Å²) >= 11 is 0. The number of aromatic nitrogens is 3. The maximum absolute atomic E-state index is 5.16. The molecular formula is C23H34N6. The first-order valence-electron chi connectivity index (χ1n) is 10.7. The van der Waals surface area contributed by atoms with E-state index in [-0.39, 0.29) is 5.41 Å². The van der Waals surface area contributed by atoms with Crippen LogP contribution in [0.5, 0.6) is 0 Å². The van der Waals surface area contributed by atoms with Gasteiger partial charge in [0.2, 0.25) is 0 Å². The van der Waals surface area contributed by atoms with Gasteiger partial charge in [-0.25, -0.2) is 9.97 Å². The van der Waals surface area contributed by atoms with Crippen molar-refractivity contribution in [3.8, 4) is 0 Å². The Morgan fingerprint density at radius 3 is 2.48 bits per heavy atom. The SMILES string of the molecule is Cc1nc2c(N3CCNCC3)nc3cccc(C(C)(C)C)c3c2n1CCN(C)C. The van der Waals surface area contributed by atoms with E-state index in [2.05, 4.69) is 79.7 Å². The summed E-state index contributed by atoms with van der Waals surface area (Å²) in [6, 6.07) is 6.57. The molecule has 1 fully saturated rings. The molecule has 0 radical (unpaired) electrons. The van der Waals surface area contributed by atoms with E-state index in [4.69, 9.17) is 9.97 Å². The molecule has 6 heteroatoms. The van der Waals surface area contributed by atoms with Crippen molar-refractivity contribution in [2.45, 2.75) is 39.7 Å². The number of rotatable bonds is 4. The number of hydrogen-bond donors (Lipinski definition) is 1. The lowest BCUT2D eigenvalue weighted by atomic mass is 9.84. The van der Waals surface area contributed by atoms with Crippen LogP contribution in [-0.4, -0.2) is 66.3 Å². The van der Waals surface area contributed by atoms with Crippen molar-refractivity contribution in [3.63, 3.8) is 0 Å². The number of nitrogens with zero attached hydrogens (tertiary/aromatic N) is 5. The molecule has 156 valence electrons. The van der Waals surface area contributed by atoms with Crippen molar-refractivity contribution in [1.29, 1.82) is 0 Å². The topological polar surface area (TPSA) is 49.2 Å². The average molecular weight is 395 g/mol. The van der Waals surface area contributed by atoms with Gasteiger partial charge in [-0.15, -0.1) is 0 Å². The Kier molecular flexibility index (Phi) is 5.25. The molecule has 1 aliphatic heterocycles. The van der Waals surface area contributed by atoms with Gasteiger partial charge in [-0.2, -0.15) is 0 Å². The van der Waals surface area contributed by atoms with Crippen molar-refractivity contribution in [2.75, 3.05) is 51.7 Å². The van der Waals surface area contributed by atoms with E-state index in [0.29, 0.717) is 0 Å². The number of imidazole rings is 1. The molecule has 3 aromatic rings. The minimum absolute atomic E-state index is 0.0369. The number of anilines is 1. The summed E-state index contributed by atoms with van der Waals surface area (Å²) in [6.45, 7) is 14.8. The maximum atomic E-state index is 5.16. The lowest BCUT2D eigenvalue weighted by molar-refractivity contribution is 0.384. The van der Waals surface area contributed by atoms with Crippen LogP contribution in [0.1, 0.15) is 32.2 Å². The molecule has 0 saturated carbocycles. The molecule has 0 amide bonds. The van der Waals surface area contributed by atoms with Gasteiger partial charge in [-0.05, 0) is 38.1 Å². The van der Waals surface area contributed by atoms with Crippen molar-refractivity contribution in [1.82, 2.24) is 24.8 Å². The van der Waals surface area contributed by atoms with Gasteiger partial charge in [-0.3, -0.25) is 0 Å². The van der Waals surface area contributed by atoms with Gasteiger partial charge >= 0.3 is 0 Å². The first-order chi connectivity index (χ1) is 13.8. The van der Waals surface area contributed by atoms with E-state index in [0.717, 1.165) is 61.9 Å². The lowest BCUT2D eigenvalue weighted by Gasteiger charge is -2.29. The molecule has 1 N–H and O–H groups in total. The van der Waals surface area contributed by atoms with Gasteiger partial charge < -0.3 is 19.7 Å². The predicted octanol–water partition coefficient (Wildman–Crippen LogP) is 3.16. The zero-order valence-electron chi connectivity index (χ0n) is 18.7. The number of likely N-dealkylation sites (N-methyl/N-ethyl adjacent to an activating group) is 1. The van der Waals surface area contributed by atoms with Gasteiger partial charge in [-0.1, -0.05) is 32.9 Å². The Morgan fingerprint density at radius 1 is 1.10 bits per heavy atom. The first kappa shape index (κ1) is 20.1. The van der Waals surface area contributed by atoms with Crippen molar-refractivity contribution < 1.29 is 0 Å². The largest absolute Gasteiger partial charge is 0.352 e. The molecule has 1 saturated heterocycles.